The average molecular weight is 357 g/mol. The molecule has 0 atom stereocenters. The molecule has 0 aliphatic carbocycles. The van der Waals surface area contributed by atoms with E-state index in [1.165, 1.54) is 7.11 Å². The Balaban J connectivity index is 2.08. The van der Waals surface area contributed by atoms with E-state index in [1.807, 2.05) is 6.92 Å². The number of carbonyl (C=O) groups is 2. The fourth-order valence-corrected chi connectivity index (χ4v) is 2.54. The number of carbonyl (C=O) groups excluding carboxylic acids is 2. The molecule has 0 spiro atoms. The highest BCUT2D eigenvalue weighted by Gasteiger charge is 2.18. The van der Waals surface area contributed by atoms with E-state index in [0.717, 1.165) is 5.82 Å². The molecular formula is C17H19N5O4. The van der Waals surface area contributed by atoms with Crippen LogP contribution in [-0.4, -0.2) is 51.6 Å². The van der Waals surface area contributed by atoms with Crippen LogP contribution in [0.2, 0.25) is 0 Å². The van der Waals surface area contributed by atoms with Crippen molar-refractivity contribution in [2.75, 3.05) is 25.6 Å². The van der Waals surface area contributed by atoms with E-state index in [1.54, 1.807) is 35.9 Å². The molecule has 3 rings (SSSR count). The zero-order valence-electron chi connectivity index (χ0n) is 14.7. The maximum Gasteiger partial charge on any atom is 0.339 e. The topological polar surface area (TPSA) is 111 Å². The normalized spacial score (nSPS) is 10.7. The third kappa shape index (κ3) is 3.37. The quantitative estimate of drug-likeness (QED) is 0.647. The fraction of sp³-hybridized carbons (Fsp3) is 0.294. The molecule has 9 nitrogen and oxygen atoms in total. The number of pyridine rings is 1. The van der Waals surface area contributed by atoms with E-state index in [2.05, 4.69) is 20.3 Å². The molecule has 0 fully saturated rings. The van der Waals surface area contributed by atoms with Gasteiger partial charge in [-0.05, 0) is 26.0 Å². The minimum atomic E-state index is -0.464. The number of ether oxygens (including phenoxy) is 2. The van der Waals surface area contributed by atoms with Gasteiger partial charge in [0.1, 0.15) is 35.2 Å². The van der Waals surface area contributed by atoms with Gasteiger partial charge in [-0.3, -0.25) is 9.20 Å². The first-order valence-electron chi connectivity index (χ1n) is 8.05. The second-order valence-electron chi connectivity index (χ2n) is 5.48. The number of aryl methyl sites for hydroxylation is 1. The number of aromatic amines is 1. The number of hydrogen-bond acceptors (Lipinski definition) is 7. The van der Waals surface area contributed by atoms with Crippen molar-refractivity contribution in [1.82, 2.24) is 19.4 Å². The first-order valence-corrected chi connectivity index (χ1v) is 8.05. The molecule has 3 aromatic rings. The molecule has 0 aliphatic rings. The molecule has 0 aliphatic heterocycles. The minimum absolute atomic E-state index is 0.0412. The summed E-state index contributed by atoms with van der Waals surface area (Å²) < 4.78 is 11.4. The summed E-state index contributed by atoms with van der Waals surface area (Å²) in [5.74, 6) is 0.416. The second-order valence-corrected chi connectivity index (χ2v) is 5.48. The van der Waals surface area contributed by atoms with Gasteiger partial charge in [-0.25, -0.2) is 14.8 Å². The molecule has 0 aromatic carbocycles. The van der Waals surface area contributed by atoms with Crippen molar-refractivity contribution in [1.29, 1.82) is 0 Å². The van der Waals surface area contributed by atoms with Crippen molar-refractivity contribution < 1.29 is 19.1 Å². The van der Waals surface area contributed by atoms with E-state index in [0.29, 0.717) is 35.0 Å². The monoisotopic (exact) mass is 357 g/mol. The third-order valence-corrected chi connectivity index (χ3v) is 3.69. The Morgan fingerprint density at radius 2 is 2.12 bits per heavy atom. The number of hydrogen-bond donors (Lipinski definition) is 2. The van der Waals surface area contributed by atoms with Crippen LogP contribution in [0.3, 0.4) is 0 Å². The van der Waals surface area contributed by atoms with E-state index < -0.39 is 11.9 Å². The van der Waals surface area contributed by atoms with Crippen LogP contribution in [0.4, 0.5) is 5.82 Å². The number of methoxy groups -OCH3 is 1. The molecular weight excluding hydrogens is 338 g/mol. The fourth-order valence-electron chi connectivity index (χ4n) is 2.54. The number of H-pyrrole nitrogens is 1. The maximum absolute atomic E-state index is 11.8. The van der Waals surface area contributed by atoms with E-state index in [-0.39, 0.29) is 6.54 Å². The highest BCUT2D eigenvalue weighted by Crippen LogP contribution is 2.28. The highest BCUT2D eigenvalue weighted by atomic mass is 16.5. The smallest absolute Gasteiger partial charge is 0.339 e. The van der Waals surface area contributed by atoms with Crippen molar-refractivity contribution in [3.8, 4) is 11.4 Å². The molecule has 0 saturated heterocycles. The van der Waals surface area contributed by atoms with Gasteiger partial charge in [-0.1, -0.05) is 0 Å². The van der Waals surface area contributed by atoms with Crippen molar-refractivity contribution in [2.24, 2.45) is 0 Å². The lowest BCUT2D eigenvalue weighted by molar-refractivity contribution is -0.140. The van der Waals surface area contributed by atoms with Gasteiger partial charge in [-0.15, -0.1) is 0 Å². The van der Waals surface area contributed by atoms with Crippen molar-refractivity contribution in [3.05, 3.63) is 35.9 Å². The van der Waals surface area contributed by atoms with Gasteiger partial charge in [0, 0.05) is 12.4 Å². The summed E-state index contributed by atoms with van der Waals surface area (Å²) in [5, 5.41) is 3.03. The molecule has 3 aromatic heterocycles. The van der Waals surface area contributed by atoms with Gasteiger partial charge >= 0.3 is 11.9 Å². The van der Waals surface area contributed by atoms with Crippen molar-refractivity contribution in [3.63, 3.8) is 0 Å². The first-order chi connectivity index (χ1) is 12.5. The van der Waals surface area contributed by atoms with Gasteiger partial charge < -0.3 is 19.8 Å². The van der Waals surface area contributed by atoms with Gasteiger partial charge in [-0.2, -0.15) is 0 Å². The van der Waals surface area contributed by atoms with E-state index >= 15 is 0 Å². The average Bonchev–Trinajstić information content (AvgIpc) is 3.22. The molecule has 0 bridgehead atoms. The number of esters is 2. The Hall–Kier alpha value is -3.36. The predicted octanol–water partition coefficient (Wildman–Crippen LogP) is 1.79. The Morgan fingerprint density at radius 1 is 1.31 bits per heavy atom. The van der Waals surface area contributed by atoms with Crippen LogP contribution in [0.1, 0.15) is 23.1 Å². The summed E-state index contributed by atoms with van der Waals surface area (Å²) in [5.41, 5.74) is 2.14. The molecule has 9 heteroatoms. The number of nitrogens with zero attached hydrogens (tertiary/aromatic N) is 3. The maximum atomic E-state index is 11.8. The minimum Gasteiger partial charge on any atom is -0.465 e. The lowest BCUT2D eigenvalue weighted by Gasteiger charge is -2.08. The Bertz CT molecular complexity index is 959. The lowest BCUT2D eigenvalue weighted by Crippen LogP contribution is -2.18. The molecule has 136 valence electrons. The molecule has 0 unspecified atom stereocenters. The highest BCUT2D eigenvalue weighted by molar-refractivity contribution is 5.90. The molecule has 3 heterocycles. The summed E-state index contributed by atoms with van der Waals surface area (Å²) in [6.07, 6.45) is 3.33. The zero-order chi connectivity index (χ0) is 18.7. The molecule has 26 heavy (non-hydrogen) atoms. The van der Waals surface area contributed by atoms with Gasteiger partial charge in [0.15, 0.2) is 0 Å². The van der Waals surface area contributed by atoms with Crippen LogP contribution in [0, 0.1) is 6.92 Å². The number of anilines is 1. The summed E-state index contributed by atoms with van der Waals surface area (Å²) >= 11 is 0. The van der Waals surface area contributed by atoms with Crippen molar-refractivity contribution in [2.45, 2.75) is 13.8 Å². The SMILES string of the molecule is CCOC(=O)CNc1c(-c2c[nH]c(C)n2)nc2ccc(C(=O)OC)cn12. The Kier molecular flexibility index (Phi) is 4.87. The summed E-state index contributed by atoms with van der Waals surface area (Å²) in [6, 6.07) is 3.33. The lowest BCUT2D eigenvalue weighted by atomic mass is 10.3. The van der Waals surface area contributed by atoms with Crippen LogP contribution in [0.5, 0.6) is 0 Å². The zero-order valence-corrected chi connectivity index (χ0v) is 14.7. The standard InChI is InChI=1S/C17H19N5O4/c1-4-26-14(23)8-19-16-15(12-7-18-10(2)20-12)21-13-6-5-11(9-22(13)16)17(24)25-3/h5-7,9,19H,4,8H2,1-3H3,(H,18,20). The van der Waals surface area contributed by atoms with Gasteiger partial charge in [0.25, 0.3) is 0 Å². The summed E-state index contributed by atoms with van der Waals surface area (Å²) in [6.45, 7) is 3.83. The number of imidazole rings is 2. The Morgan fingerprint density at radius 3 is 2.77 bits per heavy atom. The molecule has 0 amide bonds. The predicted molar refractivity (Wildman–Crippen MR) is 94.0 cm³/mol. The van der Waals surface area contributed by atoms with Gasteiger partial charge in [0.2, 0.25) is 0 Å². The largest absolute Gasteiger partial charge is 0.465 e. The molecule has 0 radical (unpaired) electrons. The van der Waals surface area contributed by atoms with Crippen LogP contribution in [0.15, 0.2) is 24.5 Å². The van der Waals surface area contributed by atoms with E-state index in [4.69, 9.17) is 9.47 Å². The van der Waals surface area contributed by atoms with Crippen LogP contribution in [0.25, 0.3) is 17.0 Å². The number of rotatable bonds is 6. The van der Waals surface area contributed by atoms with Crippen molar-refractivity contribution >= 4 is 23.4 Å². The van der Waals surface area contributed by atoms with E-state index in [9.17, 15) is 9.59 Å². The third-order valence-electron chi connectivity index (χ3n) is 3.69. The Labute approximate surface area is 149 Å². The van der Waals surface area contributed by atoms with Crippen LogP contribution < -0.4 is 5.32 Å². The summed E-state index contributed by atoms with van der Waals surface area (Å²) in [4.78, 5) is 35.5. The first kappa shape index (κ1) is 17.5. The number of aromatic nitrogens is 4. The second kappa shape index (κ2) is 7.26. The van der Waals surface area contributed by atoms with Crippen LogP contribution in [-0.2, 0) is 14.3 Å². The number of nitrogens with one attached hydrogen (secondary N) is 2. The van der Waals surface area contributed by atoms with Crippen LogP contribution >= 0.6 is 0 Å². The molecule has 0 saturated carbocycles. The molecule has 2 N–H and O–H groups in total. The summed E-state index contributed by atoms with van der Waals surface area (Å²) in [7, 11) is 1.32. The van der Waals surface area contributed by atoms with Gasteiger partial charge in [0.05, 0.1) is 19.3 Å². The number of fused-ring (bicyclic) bond motifs is 1.